The van der Waals surface area contributed by atoms with Crippen molar-refractivity contribution in [3.8, 4) is 11.3 Å². The predicted octanol–water partition coefficient (Wildman–Crippen LogP) is 4.86. The Morgan fingerprint density at radius 2 is 1.83 bits per heavy atom. The lowest BCUT2D eigenvalue weighted by Gasteiger charge is -2.55. The number of aryl methyl sites for hydroxylation is 1. The van der Waals surface area contributed by atoms with Gasteiger partial charge in [-0.2, -0.15) is 0 Å². The van der Waals surface area contributed by atoms with Crippen LogP contribution in [0.3, 0.4) is 0 Å². The highest BCUT2D eigenvalue weighted by atomic mass is 32.1. The number of hydrogen-bond acceptors (Lipinski definition) is 3. The lowest BCUT2D eigenvalue weighted by Crippen LogP contribution is -2.53. The van der Waals surface area contributed by atoms with Crippen molar-refractivity contribution in [3.63, 3.8) is 0 Å². The third kappa shape index (κ3) is 3.39. The summed E-state index contributed by atoms with van der Waals surface area (Å²) in [7, 11) is 0. The number of thiazole rings is 1. The first-order valence-corrected chi connectivity index (χ1v) is 11.6. The lowest BCUT2D eigenvalue weighted by molar-refractivity contribution is -0.146. The van der Waals surface area contributed by atoms with Crippen LogP contribution in [0.5, 0.6) is 0 Å². The predicted molar refractivity (Wildman–Crippen MR) is 117 cm³/mol. The van der Waals surface area contributed by atoms with Crippen LogP contribution in [-0.4, -0.2) is 10.5 Å². The van der Waals surface area contributed by atoms with Crippen molar-refractivity contribution in [2.24, 2.45) is 28.3 Å². The number of carbonyl (C=O) groups is 1. The van der Waals surface area contributed by atoms with Gasteiger partial charge in [-0.3, -0.25) is 4.79 Å². The van der Waals surface area contributed by atoms with Gasteiger partial charge in [0.25, 0.3) is 0 Å². The smallest absolute Gasteiger partial charge is 0.246 e. The number of benzene rings is 1. The standard InChI is InChI=1S/C24H29N3OS/c1-3-8-27-21(20-6-4-16(2)5-7-20)15-29-23(27)26-25-22(28)24-12-17-9-18(13-24)11-19(10-17)14-24/h3-7,15,17-19H,1,8-14H2,2H3,(H,25,28)/b26-23+. The number of amides is 1. The van der Waals surface area contributed by atoms with Gasteiger partial charge in [-0.25, -0.2) is 5.43 Å². The molecule has 2 aromatic rings. The van der Waals surface area contributed by atoms with E-state index in [1.165, 1.54) is 24.8 Å². The van der Waals surface area contributed by atoms with E-state index in [0.717, 1.165) is 53.1 Å². The molecule has 0 saturated heterocycles. The number of nitrogens with zero attached hydrogens (tertiary/aromatic N) is 2. The molecular formula is C24H29N3OS. The normalized spacial score (nSPS) is 30.5. The van der Waals surface area contributed by atoms with Gasteiger partial charge < -0.3 is 4.57 Å². The van der Waals surface area contributed by atoms with Gasteiger partial charge in [0.05, 0.1) is 11.1 Å². The summed E-state index contributed by atoms with van der Waals surface area (Å²) in [6.07, 6.45) is 9.09. The van der Waals surface area contributed by atoms with Gasteiger partial charge in [0, 0.05) is 11.9 Å². The lowest BCUT2D eigenvalue weighted by atomic mass is 9.49. The Morgan fingerprint density at radius 1 is 1.21 bits per heavy atom. The molecule has 29 heavy (non-hydrogen) atoms. The van der Waals surface area contributed by atoms with E-state index in [-0.39, 0.29) is 11.3 Å². The summed E-state index contributed by atoms with van der Waals surface area (Å²) in [5, 5.41) is 6.69. The molecule has 1 aromatic carbocycles. The minimum atomic E-state index is -0.168. The van der Waals surface area contributed by atoms with E-state index in [0.29, 0.717) is 6.54 Å². The number of hydrogen-bond donors (Lipinski definition) is 1. The second-order valence-corrected chi connectivity index (χ2v) is 10.3. The van der Waals surface area contributed by atoms with Crippen molar-refractivity contribution in [3.05, 3.63) is 52.7 Å². The molecule has 4 saturated carbocycles. The fraction of sp³-hybridized carbons (Fsp3) is 0.500. The van der Waals surface area contributed by atoms with E-state index in [1.54, 1.807) is 11.3 Å². The Morgan fingerprint density at radius 3 is 2.41 bits per heavy atom. The highest BCUT2D eigenvalue weighted by Crippen LogP contribution is 2.60. The van der Waals surface area contributed by atoms with Crippen LogP contribution in [0.4, 0.5) is 0 Å². The largest absolute Gasteiger partial charge is 0.311 e. The number of carbonyl (C=O) groups excluding carboxylic acids is 1. The highest BCUT2D eigenvalue weighted by molar-refractivity contribution is 7.07. The SMILES string of the molecule is C=CCn1c(-c2ccc(C)cc2)cs/c1=N/NC(=O)C12CC3CC(CC(C3)C1)C2. The van der Waals surface area contributed by atoms with E-state index in [1.807, 2.05) is 6.08 Å². The summed E-state index contributed by atoms with van der Waals surface area (Å²) in [5.41, 5.74) is 6.31. The topological polar surface area (TPSA) is 46.4 Å². The second-order valence-electron chi connectivity index (χ2n) is 9.42. The van der Waals surface area contributed by atoms with Gasteiger partial charge in [0.1, 0.15) is 0 Å². The van der Waals surface area contributed by atoms with Crippen LogP contribution in [0.1, 0.15) is 44.1 Å². The quantitative estimate of drug-likeness (QED) is 0.558. The summed E-state index contributed by atoms with van der Waals surface area (Å²) >= 11 is 1.57. The molecule has 4 fully saturated rings. The first-order chi connectivity index (χ1) is 14.1. The van der Waals surface area contributed by atoms with Crippen LogP contribution < -0.4 is 10.2 Å². The molecule has 1 aromatic heterocycles. The van der Waals surface area contributed by atoms with Crippen LogP contribution in [0.15, 0.2) is 47.4 Å². The molecule has 6 rings (SSSR count). The molecule has 1 amide bonds. The van der Waals surface area contributed by atoms with Gasteiger partial charge in [0.2, 0.25) is 10.7 Å². The molecular weight excluding hydrogens is 378 g/mol. The molecule has 5 heteroatoms. The summed E-state index contributed by atoms with van der Waals surface area (Å²) in [4.78, 5) is 14.0. The zero-order valence-electron chi connectivity index (χ0n) is 17.1. The average molecular weight is 408 g/mol. The molecule has 0 atom stereocenters. The summed E-state index contributed by atoms with van der Waals surface area (Å²) in [5.74, 6) is 2.42. The molecule has 1 N–H and O–H groups in total. The third-order valence-corrected chi connectivity index (χ3v) is 8.09. The van der Waals surface area contributed by atoms with Crippen molar-refractivity contribution in [2.75, 3.05) is 0 Å². The van der Waals surface area contributed by atoms with E-state index in [4.69, 9.17) is 0 Å². The van der Waals surface area contributed by atoms with Crippen LogP contribution >= 0.6 is 11.3 Å². The van der Waals surface area contributed by atoms with Gasteiger partial charge >= 0.3 is 0 Å². The Kier molecular flexibility index (Phi) is 4.73. The van der Waals surface area contributed by atoms with E-state index >= 15 is 0 Å². The second kappa shape index (κ2) is 7.28. The van der Waals surface area contributed by atoms with Crippen molar-refractivity contribution in [2.45, 2.75) is 52.0 Å². The monoisotopic (exact) mass is 407 g/mol. The number of rotatable bonds is 5. The van der Waals surface area contributed by atoms with Gasteiger partial charge in [0.15, 0.2) is 0 Å². The molecule has 4 bridgehead atoms. The Balaban J connectivity index is 1.41. The molecule has 4 aliphatic carbocycles. The summed E-state index contributed by atoms with van der Waals surface area (Å²) in [6.45, 7) is 6.66. The van der Waals surface area contributed by atoms with Crippen molar-refractivity contribution < 1.29 is 4.79 Å². The number of allylic oxidation sites excluding steroid dienone is 1. The van der Waals surface area contributed by atoms with Crippen LogP contribution in [0.25, 0.3) is 11.3 Å². The van der Waals surface area contributed by atoms with Crippen molar-refractivity contribution >= 4 is 17.2 Å². The summed E-state index contributed by atoms with van der Waals surface area (Å²) in [6, 6.07) is 8.51. The Hall–Kier alpha value is -2.14. The van der Waals surface area contributed by atoms with Gasteiger partial charge in [-0.15, -0.1) is 23.0 Å². The minimum Gasteiger partial charge on any atom is -0.311 e. The molecule has 4 aliphatic rings. The minimum absolute atomic E-state index is 0.145. The average Bonchev–Trinajstić information content (AvgIpc) is 3.08. The molecule has 0 spiro atoms. The van der Waals surface area contributed by atoms with Gasteiger partial charge in [-0.05, 0) is 68.8 Å². The molecule has 152 valence electrons. The number of nitrogens with one attached hydrogen (secondary N) is 1. The van der Waals surface area contributed by atoms with Crippen molar-refractivity contribution in [1.82, 2.24) is 9.99 Å². The maximum absolute atomic E-state index is 13.2. The van der Waals surface area contributed by atoms with E-state index < -0.39 is 0 Å². The number of aromatic nitrogens is 1. The molecule has 0 aliphatic heterocycles. The molecule has 1 heterocycles. The fourth-order valence-electron chi connectivity index (χ4n) is 6.29. The van der Waals surface area contributed by atoms with Gasteiger partial charge in [-0.1, -0.05) is 35.9 Å². The first-order valence-electron chi connectivity index (χ1n) is 10.8. The molecule has 4 nitrogen and oxygen atoms in total. The zero-order chi connectivity index (χ0) is 20.0. The van der Waals surface area contributed by atoms with E-state index in [9.17, 15) is 4.79 Å². The summed E-state index contributed by atoms with van der Waals surface area (Å²) < 4.78 is 2.13. The Bertz CT molecular complexity index is 963. The van der Waals surface area contributed by atoms with Crippen LogP contribution in [-0.2, 0) is 11.3 Å². The Labute approximate surface area is 176 Å². The molecule has 0 unspecified atom stereocenters. The van der Waals surface area contributed by atoms with E-state index in [2.05, 4.69) is 58.2 Å². The maximum atomic E-state index is 13.2. The zero-order valence-corrected chi connectivity index (χ0v) is 17.9. The first kappa shape index (κ1) is 18.9. The maximum Gasteiger partial charge on any atom is 0.246 e. The van der Waals surface area contributed by atoms with Crippen molar-refractivity contribution in [1.29, 1.82) is 0 Å². The van der Waals surface area contributed by atoms with Crippen LogP contribution in [0.2, 0.25) is 0 Å². The highest BCUT2D eigenvalue weighted by Gasteiger charge is 2.54. The third-order valence-electron chi connectivity index (χ3n) is 7.23. The van der Waals surface area contributed by atoms with Crippen LogP contribution in [0, 0.1) is 30.1 Å². The molecule has 0 radical (unpaired) electrons. The fourth-order valence-corrected chi connectivity index (χ4v) is 7.16.